The molecule has 1 N–H and O–H groups in total. The molecule has 4 heteroatoms. The number of rotatable bonds is 3. The zero-order valence-electron chi connectivity index (χ0n) is 10.1. The fourth-order valence-corrected chi connectivity index (χ4v) is 1.11. The Morgan fingerprint density at radius 2 is 2.00 bits per heavy atom. The van der Waals surface area contributed by atoms with Crippen molar-refractivity contribution < 1.29 is 14.0 Å². The van der Waals surface area contributed by atoms with Gasteiger partial charge >= 0.3 is 0 Å². The van der Waals surface area contributed by atoms with Gasteiger partial charge in [0, 0.05) is 11.0 Å². The van der Waals surface area contributed by atoms with Crippen molar-refractivity contribution in [3.8, 4) is 0 Å². The van der Waals surface area contributed by atoms with Gasteiger partial charge in [-0.25, -0.2) is 0 Å². The van der Waals surface area contributed by atoms with Crippen LogP contribution in [0.1, 0.15) is 36.9 Å². The Kier molecular flexibility index (Phi) is 3.52. The Hall–Kier alpha value is -1.58. The highest BCUT2D eigenvalue weighted by atomic mass is 16.3. The Morgan fingerprint density at radius 3 is 2.44 bits per heavy atom. The van der Waals surface area contributed by atoms with E-state index in [0.717, 1.165) is 5.56 Å². The Labute approximate surface area is 95.0 Å². The summed E-state index contributed by atoms with van der Waals surface area (Å²) in [5.74, 6) is -0.0909. The first-order chi connectivity index (χ1) is 7.32. The third-order valence-electron chi connectivity index (χ3n) is 2.31. The Bertz CT molecular complexity index is 399. The van der Waals surface area contributed by atoms with Gasteiger partial charge in [0.25, 0.3) is 5.91 Å². The second-order valence-electron chi connectivity index (χ2n) is 4.79. The largest absolute Gasteiger partial charge is 0.459 e. The van der Waals surface area contributed by atoms with E-state index >= 15 is 0 Å². The molecule has 1 amide bonds. The van der Waals surface area contributed by atoms with E-state index in [1.165, 1.54) is 6.26 Å². The highest BCUT2D eigenvalue weighted by Gasteiger charge is 2.22. The van der Waals surface area contributed by atoms with Crippen molar-refractivity contribution in [3.63, 3.8) is 0 Å². The van der Waals surface area contributed by atoms with Crippen molar-refractivity contribution in [1.82, 2.24) is 5.32 Å². The number of furan rings is 1. The fraction of sp³-hybridized carbons (Fsp3) is 0.500. The molecule has 0 aliphatic rings. The van der Waals surface area contributed by atoms with Crippen LogP contribution in [0.2, 0.25) is 0 Å². The molecule has 1 heterocycles. The van der Waals surface area contributed by atoms with Gasteiger partial charge in [-0.05, 0) is 13.0 Å². The molecule has 1 aromatic rings. The predicted octanol–water partition coefficient (Wildman–Crippen LogP) is 1.93. The summed E-state index contributed by atoms with van der Waals surface area (Å²) in [6.07, 6.45) is 1.45. The van der Waals surface area contributed by atoms with Crippen LogP contribution < -0.4 is 5.32 Å². The van der Waals surface area contributed by atoms with Gasteiger partial charge in [0.15, 0.2) is 11.5 Å². The molecule has 0 saturated carbocycles. The average molecular weight is 223 g/mol. The van der Waals surface area contributed by atoms with Crippen LogP contribution in [0.25, 0.3) is 0 Å². The standard InChI is InChI=1S/C12H17NO3/c1-8-5-6-16-10(8)11(15)13-7-9(14)12(2,3)4/h5-6H,7H2,1-4H3,(H,13,15). The van der Waals surface area contributed by atoms with E-state index in [1.807, 2.05) is 20.8 Å². The van der Waals surface area contributed by atoms with Gasteiger partial charge in [0.1, 0.15) is 0 Å². The number of amides is 1. The maximum absolute atomic E-state index is 11.6. The van der Waals surface area contributed by atoms with Crippen LogP contribution in [0.4, 0.5) is 0 Å². The highest BCUT2D eigenvalue weighted by molar-refractivity contribution is 5.96. The van der Waals surface area contributed by atoms with Gasteiger partial charge in [0.05, 0.1) is 12.8 Å². The van der Waals surface area contributed by atoms with Crippen LogP contribution in [-0.2, 0) is 4.79 Å². The van der Waals surface area contributed by atoms with Crippen molar-refractivity contribution >= 4 is 11.7 Å². The number of Topliss-reactive ketones (excluding diaryl/α,β-unsaturated/α-hetero) is 1. The molecule has 0 aliphatic carbocycles. The number of nitrogens with one attached hydrogen (secondary N) is 1. The normalized spacial score (nSPS) is 11.2. The van der Waals surface area contributed by atoms with Gasteiger partial charge in [0.2, 0.25) is 0 Å². The molecule has 1 rings (SSSR count). The summed E-state index contributed by atoms with van der Waals surface area (Å²) in [6, 6.07) is 1.71. The third-order valence-corrected chi connectivity index (χ3v) is 2.31. The second kappa shape index (κ2) is 4.51. The second-order valence-corrected chi connectivity index (χ2v) is 4.79. The molecule has 88 valence electrons. The first-order valence-corrected chi connectivity index (χ1v) is 5.18. The van der Waals surface area contributed by atoms with E-state index in [-0.39, 0.29) is 24.0 Å². The minimum atomic E-state index is -0.439. The molecule has 0 bridgehead atoms. The first kappa shape index (κ1) is 12.5. The number of carbonyl (C=O) groups is 2. The van der Waals surface area contributed by atoms with Crippen LogP contribution >= 0.6 is 0 Å². The van der Waals surface area contributed by atoms with Crippen molar-refractivity contribution in [1.29, 1.82) is 0 Å². The number of carbonyl (C=O) groups excluding carboxylic acids is 2. The van der Waals surface area contributed by atoms with E-state index in [9.17, 15) is 9.59 Å². The van der Waals surface area contributed by atoms with Crippen LogP contribution in [-0.4, -0.2) is 18.2 Å². The van der Waals surface area contributed by atoms with Gasteiger partial charge in [-0.3, -0.25) is 9.59 Å². The zero-order chi connectivity index (χ0) is 12.3. The first-order valence-electron chi connectivity index (χ1n) is 5.18. The molecular formula is C12H17NO3. The topological polar surface area (TPSA) is 59.3 Å². The van der Waals surface area contributed by atoms with Crippen molar-refractivity contribution in [2.75, 3.05) is 6.54 Å². The molecule has 0 spiro atoms. The van der Waals surface area contributed by atoms with Gasteiger partial charge in [-0.15, -0.1) is 0 Å². The summed E-state index contributed by atoms with van der Waals surface area (Å²) >= 11 is 0. The number of ketones is 1. The number of hydrogen-bond acceptors (Lipinski definition) is 3. The van der Waals surface area contributed by atoms with Crippen molar-refractivity contribution in [2.24, 2.45) is 5.41 Å². The highest BCUT2D eigenvalue weighted by Crippen LogP contribution is 2.14. The van der Waals surface area contributed by atoms with Crippen LogP contribution in [0.15, 0.2) is 16.7 Å². The smallest absolute Gasteiger partial charge is 0.287 e. The summed E-state index contributed by atoms with van der Waals surface area (Å²) in [7, 11) is 0. The number of aryl methyl sites for hydroxylation is 1. The lowest BCUT2D eigenvalue weighted by molar-refractivity contribution is -0.125. The van der Waals surface area contributed by atoms with E-state index in [2.05, 4.69) is 5.32 Å². The molecule has 0 atom stereocenters. The molecule has 0 fully saturated rings. The zero-order valence-corrected chi connectivity index (χ0v) is 10.1. The van der Waals surface area contributed by atoms with Crippen molar-refractivity contribution in [3.05, 3.63) is 23.7 Å². The van der Waals surface area contributed by atoms with Crippen LogP contribution in [0.5, 0.6) is 0 Å². The van der Waals surface area contributed by atoms with E-state index in [4.69, 9.17) is 4.42 Å². The Morgan fingerprint density at radius 1 is 1.38 bits per heavy atom. The molecule has 16 heavy (non-hydrogen) atoms. The van der Waals surface area contributed by atoms with Gasteiger partial charge in [-0.2, -0.15) is 0 Å². The molecule has 0 unspecified atom stereocenters. The lowest BCUT2D eigenvalue weighted by Gasteiger charge is -2.16. The molecular weight excluding hydrogens is 206 g/mol. The predicted molar refractivity (Wildman–Crippen MR) is 60.2 cm³/mol. The molecule has 0 radical (unpaired) electrons. The molecule has 0 saturated heterocycles. The van der Waals surface area contributed by atoms with Gasteiger partial charge < -0.3 is 9.73 Å². The summed E-state index contributed by atoms with van der Waals surface area (Å²) in [4.78, 5) is 23.2. The quantitative estimate of drug-likeness (QED) is 0.851. The van der Waals surface area contributed by atoms with E-state index < -0.39 is 5.41 Å². The van der Waals surface area contributed by atoms with E-state index in [1.54, 1.807) is 13.0 Å². The minimum Gasteiger partial charge on any atom is -0.459 e. The lowest BCUT2D eigenvalue weighted by atomic mass is 9.91. The van der Waals surface area contributed by atoms with Crippen molar-refractivity contribution in [2.45, 2.75) is 27.7 Å². The third kappa shape index (κ3) is 2.95. The SMILES string of the molecule is Cc1ccoc1C(=O)NCC(=O)C(C)(C)C. The monoisotopic (exact) mass is 223 g/mol. The maximum Gasteiger partial charge on any atom is 0.287 e. The molecule has 0 aromatic carbocycles. The minimum absolute atomic E-state index is 0.00920. The van der Waals surface area contributed by atoms with Gasteiger partial charge in [-0.1, -0.05) is 20.8 Å². The van der Waals surface area contributed by atoms with Crippen LogP contribution in [0.3, 0.4) is 0 Å². The summed E-state index contributed by atoms with van der Waals surface area (Å²) in [5.41, 5.74) is 0.326. The van der Waals surface area contributed by atoms with Crippen LogP contribution in [0, 0.1) is 12.3 Å². The summed E-state index contributed by atoms with van der Waals surface area (Å²) in [6.45, 7) is 7.27. The maximum atomic E-state index is 11.6. The fourth-order valence-electron chi connectivity index (χ4n) is 1.11. The summed E-state index contributed by atoms with van der Waals surface area (Å²) in [5, 5.41) is 2.55. The van der Waals surface area contributed by atoms with E-state index in [0.29, 0.717) is 0 Å². The summed E-state index contributed by atoms with van der Waals surface area (Å²) < 4.78 is 5.02. The molecule has 1 aromatic heterocycles. The average Bonchev–Trinajstić information content (AvgIpc) is 2.58. The number of hydrogen-bond donors (Lipinski definition) is 1. The molecule has 0 aliphatic heterocycles. The lowest BCUT2D eigenvalue weighted by Crippen LogP contribution is -2.35. The Balaban J connectivity index is 2.55. The molecule has 4 nitrogen and oxygen atoms in total.